The molecule has 4 heterocycles. The highest BCUT2D eigenvalue weighted by Gasteiger charge is 2.30. The molecule has 1 saturated carbocycles. The molecule has 1 N–H and O–H groups in total. The van der Waals surface area contributed by atoms with E-state index in [0.29, 0.717) is 22.2 Å². The van der Waals surface area contributed by atoms with Crippen LogP contribution in [-0.4, -0.2) is 40.9 Å². The largest absolute Gasteiger partial charge is 0.341 e. The van der Waals surface area contributed by atoms with Crippen molar-refractivity contribution in [2.24, 2.45) is 5.92 Å². The van der Waals surface area contributed by atoms with E-state index in [1.807, 2.05) is 30.5 Å². The Morgan fingerprint density at radius 2 is 2.08 bits per heavy atom. The molecule has 1 fully saturated rings. The summed E-state index contributed by atoms with van der Waals surface area (Å²) in [6.45, 7) is 1.37. The zero-order valence-electron chi connectivity index (χ0n) is 19.7. The number of thiophene rings is 1. The van der Waals surface area contributed by atoms with Crippen molar-refractivity contribution in [2.75, 3.05) is 0 Å². The van der Waals surface area contributed by atoms with Crippen LogP contribution < -0.4 is 0 Å². The predicted octanol–water partition coefficient (Wildman–Crippen LogP) is 6.10. The van der Waals surface area contributed by atoms with Gasteiger partial charge < -0.3 is 4.98 Å². The molecule has 4 aromatic heterocycles. The number of ketones is 1. The number of imidazole rings is 1. The zero-order valence-corrected chi connectivity index (χ0v) is 21.3. The molecule has 1 atom stereocenters. The fraction of sp³-hybridized carbons (Fsp3) is 0.231. The van der Waals surface area contributed by atoms with Crippen LogP contribution >= 0.6 is 22.9 Å². The summed E-state index contributed by atoms with van der Waals surface area (Å²) in [6, 6.07) is 9.51. The van der Waals surface area contributed by atoms with E-state index >= 15 is 0 Å². The van der Waals surface area contributed by atoms with Gasteiger partial charge in [-0.25, -0.2) is 9.37 Å². The number of aromatic nitrogens is 7. The number of halogens is 2. The molecule has 1 aliphatic carbocycles. The van der Waals surface area contributed by atoms with Crippen LogP contribution in [0.4, 0.5) is 4.39 Å². The SMILES string of the molecule is CC(=O)c1scc(-c2cnc(C(CC3CC3)c3ccc(-c4cc(Cl)ccc4-n4cnnn4)cn3)[nH]2)c1F. The monoisotopic (exact) mass is 533 g/mol. The fourth-order valence-corrected chi connectivity index (χ4v) is 5.47. The van der Waals surface area contributed by atoms with E-state index in [2.05, 4.69) is 25.5 Å². The summed E-state index contributed by atoms with van der Waals surface area (Å²) in [7, 11) is 0. The molecule has 8 nitrogen and oxygen atoms in total. The van der Waals surface area contributed by atoms with E-state index < -0.39 is 5.82 Å². The molecular weight excluding hydrogens is 513 g/mol. The van der Waals surface area contributed by atoms with Crippen LogP contribution in [0.1, 0.15) is 53.3 Å². The summed E-state index contributed by atoms with van der Waals surface area (Å²) in [5.74, 6) is 0.486. The molecule has 0 saturated heterocycles. The van der Waals surface area contributed by atoms with Gasteiger partial charge >= 0.3 is 0 Å². The molecule has 0 bridgehead atoms. The molecular formula is C26H21ClFN7OS. The normalized spacial score (nSPS) is 14.1. The van der Waals surface area contributed by atoms with Crippen LogP contribution in [0, 0.1) is 11.7 Å². The van der Waals surface area contributed by atoms with E-state index in [1.165, 1.54) is 26.1 Å². The summed E-state index contributed by atoms with van der Waals surface area (Å²) in [5.41, 5.74) is 4.30. The number of hydrogen-bond donors (Lipinski definition) is 1. The number of rotatable bonds is 8. The van der Waals surface area contributed by atoms with Crippen LogP contribution in [0.15, 0.2) is 54.4 Å². The Morgan fingerprint density at radius 3 is 2.76 bits per heavy atom. The van der Waals surface area contributed by atoms with Crippen molar-refractivity contribution < 1.29 is 9.18 Å². The minimum Gasteiger partial charge on any atom is -0.341 e. The summed E-state index contributed by atoms with van der Waals surface area (Å²) in [6.07, 6.45) is 8.24. The van der Waals surface area contributed by atoms with Crippen molar-refractivity contribution in [1.29, 1.82) is 0 Å². The fourth-order valence-electron chi connectivity index (χ4n) is 4.45. The van der Waals surface area contributed by atoms with Gasteiger partial charge in [0, 0.05) is 40.2 Å². The molecule has 1 aromatic carbocycles. The Hall–Kier alpha value is -3.76. The maximum absolute atomic E-state index is 14.8. The van der Waals surface area contributed by atoms with Crippen molar-refractivity contribution in [2.45, 2.75) is 32.1 Å². The first-order chi connectivity index (χ1) is 18.0. The van der Waals surface area contributed by atoms with Crippen molar-refractivity contribution in [1.82, 2.24) is 35.2 Å². The van der Waals surface area contributed by atoms with Gasteiger partial charge in [-0.15, -0.1) is 16.4 Å². The van der Waals surface area contributed by atoms with Crippen molar-refractivity contribution in [3.05, 3.63) is 81.7 Å². The molecule has 11 heteroatoms. The van der Waals surface area contributed by atoms with E-state index in [0.717, 1.165) is 46.1 Å². The number of H-pyrrole nitrogens is 1. The number of nitrogens with zero attached hydrogens (tertiary/aromatic N) is 6. The molecule has 0 spiro atoms. The molecule has 1 aliphatic rings. The molecule has 37 heavy (non-hydrogen) atoms. The second kappa shape index (κ2) is 9.60. The predicted molar refractivity (Wildman–Crippen MR) is 138 cm³/mol. The van der Waals surface area contributed by atoms with Crippen LogP contribution in [-0.2, 0) is 0 Å². The third kappa shape index (κ3) is 4.70. The number of Topliss-reactive ketones (excluding diaryl/α,β-unsaturated/α-hetero) is 1. The molecule has 1 unspecified atom stereocenters. The van der Waals surface area contributed by atoms with Gasteiger partial charge in [-0.05, 0) is 47.0 Å². The van der Waals surface area contributed by atoms with Gasteiger partial charge in [-0.3, -0.25) is 9.78 Å². The number of aromatic amines is 1. The number of carbonyl (C=O) groups excluding carboxylic acids is 1. The molecule has 5 aromatic rings. The Balaban J connectivity index is 1.33. The molecule has 0 aliphatic heterocycles. The van der Waals surface area contributed by atoms with Crippen LogP contribution in [0.5, 0.6) is 0 Å². The Labute approximate surface area is 220 Å². The van der Waals surface area contributed by atoms with E-state index in [9.17, 15) is 9.18 Å². The number of benzene rings is 1. The van der Waals surface area contributed by atoms with Gasteiger partial charge in [0.15, 0.2) is 11.6 Å². The topological polar surface area (TPSA) is 102 Å². The lowest BCUT2D eigenvalue weighted by Gasteiger charge is -2.15. The molecule has 0 amide bonds. The molecule has 0 radical (unpaired) electrons. The van der Waals surface area contributed by atoms with Crippen molar-refractivity contribution >= 4 is 28.7 Å². The van der Waals surface area contributed by atoms with Gasteiger partial charge in [0.25, 0.3) is 0 Å². The highest BCUT2D eigenvalue weighted by Crippen LogP contribution is 2.41. The van der Waals surface area contributed by atoms with Crippen LogP contribution in [0.25, 0.3) is 28.1 Å². The number of nitrogens with one attached hydrogen (secondary N) is 1. The first-order valence-corrected chi connectivity index (χ1v) is 13.1. The third-order valence-electron chi connectivity index (χ3n) is 6.54. The van der Waals surface area contributed by atoms with Crippen molar-refractivity contribution in [3.8, 4) is 28.1 Å². The highest BCUT2D eigenvalue weighted by molar-refractivity contribution is 7.12. The smallest absolute Gasteiger partial charge is 0.172 e. The van der Waals surface area contributed by atoms with E-state index in [1.54, 1.807) is 22.3 Å². The van der Waals surface area contributed by atoms with Gasteiger partial charge in [-0.2, -0.15) is 4.68 Å². The minimum absolute atomic E-state index is 0.0670. The summed E-state index contributed by atoms with van der Waals surface area (Å²) >= 11 is 7.40. The summed E-state index contributed by atoms with van der Waals surface area (Å²) < 4.78 is 16.4. The number of pyridine rings is 1. The number of carbonyl (C=O) groups is 1. The number of tetrazole rings is 1. The van der Waals surface area contributed by atoms with Crippen LogP contribution in [0.3, 0.4) is 0 Å². The second-order valence-electron chi connectivity index (χ2n) is 9.15. The third-order valence-corrected chi connectivity index (χ3v) is 7.83. The Morgan fingerprint density at radius 1 is 1.22 bits per heavy atom. The maximum Gasteiger partial charge on any atom is 0.172 e. The quantitative estimate of drug-likeness (QED) is 0.242. The lowest BCUT2D eigenvalue weighted by atomic mass is 9.95. The Kier molecular flexibility index (Phi) is 6.13. The minimum atomic E-state index is -0.506. The average molecular weight is 534 g/mol. The van der Waals surface area contributed by atoms with Gasteiger partial charge in [-0.1, -0.05) is 30.5 Å². The zero-order chi connectivity index (χ0) is 25.5. The molecule has 186 valence electrons. The van der Waals surface area contributed by atoms with E-state index in [4.69, 9.17) is 16.6 Å². The lowest BCUT2D eigenvalue weighted by Crippen LogP contribution is -2.07. The summed E-state index contributed by atoms with van der Waals surface area (Å²) in [4.78, 5) is 24.5. The highest BCUT2D eigenvalue weighted by atomic mass is 35.5. The van der Waals surface area contributed by atoms with Gasteiger partial charge in [0.1, 0.15) is 17.0 Å². The van der Waals surface area contributed by atoms with Gasteiger partial charge in [0.05, 0.1) is 29.2 Å². The van der Waals surface area contributed by atoms with Gasteiger partial charge in [0.2, 0.25) is 0 Å². The number of hydrogen-bond acceptors (Lipinski definition) is 7. The first kappa shape index (κ1) is 23.6. The summed E-state index contributed by atoms with van der Waals surface area (Å²) in [5, 5.41) is 13.7. The standard InChI is InChI=1S/C26H21ClFN7OS/c1-14(36)25-24(28)20(12-37-25)22-11-30-26(32-22)19(8-15-2-3-15)21-6-4-16(10-29-21)18-9-17(27)5-7-23(18)35-13-31-33-34-35/h4-7,9-13,15,19H,2-3,8H2,1H3,(H,30,32). The van der Waals surface area contributed by atoms with Crippen molar-refractivity contribution in [3.63, 3.8) is 0 Å². The van der Waals surface area contributed by atoms with Crippen LogP contribution in [0.2, 0.25) is 5.02 Å². The second-order valence-corrected chi connectivity index (χ2v) is 10.5. The maximum atomic E-state index is 14.8. The van der Waals surface area contributed by atoms with E-state index in [-0.39, 0.29) is 16.6 Å². The lowest BCUT2D eigenvalue weighted by molar-refractivity contribution is 0.101. The average Bonchev–Trinajstić information content (AvgIpc) is 3.27. The first-order valence-electron chi connectivity index (χ1n) is 11.8. The molecule has 6 rings (SSSR count). The Bertz CT molecular complexity index is 1570.